The molecule has 0 aromatic carbocycles. The summed E-state index contributed by atoms with van der Waals surface area (Å²) >= 11 is 0. The first-order valence-electron chi connectivity index (χ1n) is 3.54. The van der Waals surface area contributed by atoms with Crippen LogP contribution in [0.3, 0.4) is 0 Å². The van der Waals surface area contributed by atoms with Crippen molar-refractivity contribution in [3.8, 4) is 0 Å². The molecule has 0 aromatic rings. The molecule has 0 aliphatic rings. The summed E-state index contributed by atoms with van der Waals surface area (Å²) < 4.78 is 4.83. The van der Waals surface area contributed by atoms with Gasteiger partial charge in [0.1, 0.15) is 0 Å². The summed E-state index contributed by atoms with van der Waals surface area (Å²) in [6, 6.07) is 2.69. The van der Waals surface area contributed by atoms with Crippen molar-refractivity contribution in [3.05, 3.63) is 12.0 Å². The molecule has 0 amide bonds. The summed E-state index contributed by atoms with van der Waals surface area (Å²) in [5, 5.41) is 0. The lowest BCUT2D eigenvalue weighted by molar-refractivity contribution is 0.338. The fourth-order valence-corrected chi connectivity index (χ4v) is 2.25. The first-order valence-corrected chi connectivity index (χ1v) is 5.84. The summed E-state index contributed by atoms with van der Waals surface area (Å²) in [5.74, 6) is 0. The molecular weight excluding hydrogens is 128 g/mol. The maximum Gasteiger partial charge on any atom is 0.0766 e. The predicted molar refractivity (Wildman–Crippen MR) is 44.3 cm³/mol. The second kappa shape index (κ2) is 5.89. The zero-order valence-electron chi connectivity index (χ0n) is 6.55. The van der Waals surface area contributed by atoms with E-state index in [1.54, 1.807) is 7.11 Å². The second-order valence-corrected chi connectivity index (χ2v) is 5.68. The molecule has 0 heterocycles. The van der Waals surface area contributed by atoms with E-state index < -0.39 is 8.80 Å². The van der Waals surface area contributed by atoms with Crippen LogP contribution in [-0.4, -0.2) is 15.9 Å². The maximum absolute atomic E-state index is 4.83. The Balaban J connectivity index is 3.41. The quantitative estimate of drug-likeness (QED) is 0.433. The van der Waals surface area contributed by atoms with Gasteiger partial charge in [-0.1, -0.05) is 31.6 Å². The van der Waals surface area contributed by atoms with Crippen LogP contribution in [0, 0.1) is 0 Å². The normalized spacial score (nSPS) is 11.1. The Kier molecular flexibility index (Phi) is 5.73. The first-order chi connectivity index (χ1) is 4.35. The van der Waals surface area contributed by atoms with Gasteiger partial charge in [0, 0.05) is 0 Å². The van der Waals surface area contributed by atoms with Crippen LogP contribution in [0.15, 0.2) is 12.0 Å². The van der Waals surface area contributed by atoms with Crippen LogP contribution in [0.25, 0.3) is 0 Å². The SMILES string of the molecule is CC[SiH](C=COC)CC. The Labute approximate surface area is 59.3 Å². The van der Waals surface area contributed by atoms with E-state index in [1.165, 1.54) is 12.1 Å². The molecule has 9 heavy (non-hydrogen) atoms. The van der Waals surface area contributed by atoms with Gasteiger partial charge in [0.25, 0.3) is 0 Å². The average molecular weight is 144 g/mol. The van der Waals surface area contributed by atoms with Crippen molar-refractivity contribution < 1.29 is 4.74 Å². The molecular formula is C7H16OSi. The molecule has 1 nitrogen and oxygen atoms in total. The minimum Gasteiger partial charge on any atom is -0.505 e. The van der Waals surface area contributed by atoms with Gasteiger partial charge in [-0.3, -0.25) is 0 Å². The molecule has 0 fully saturated rings. The van der Waals surface area contributed by atoms with Gasteiger partial charge >= 0.3 is 0 Å². The minimum atomic E-state index is -0.515. The molecule has 2 heteroatoms. The highest BCUT2D eigenvalue weighted by Crippen LogP contribution is 1.98. The second-order valence-electron chi connectivity index (χ2n) is 2.14. The molecule has 0 N–H and O–H groups in total. The smallest absolute Gasteiger partial charge is 0.0766 e. The Morgan fingerprint density at radius 1 is 1.33 bits per heavy atom. The van der Waals surface area contributed by atoms with Crippen LogP contribution in [0.4, 0.5) is 0 Å². The number of hydrogen-bond donors (Lipinski definition) is 0. The van der Waals surface area contributed by atoms with Gasteiger partial charge in [0.15, 0.2) is 0 Å². The monoisotopic (exact) mass is 144 g/mol. The summed E-state index contributed by atoms with van der Waals surface area (Å²) in [6.45, 7) is 4.50. The summed E-state index contributed by atoms with van der Waals surface area (Å²) in [5.41, 5.74) is 2.25. The van der Waals surface area contributed by atoms with Crippen LogP contribution in [-0.2, 0) is 4.74 Å². The summed E-state index contributed by atoms with van der Waals surface area (Å²) in [4.78, 5) is 0. The topological polar surface area (TPSA) is 9.23 Å². The highest BCUT2D eigenvalue weighted by Gasteiger charge is 1.97. The van der Waals surface area contributed by atoms with E-state index in [9.17, 15) is 0 Å². The van der Waals surface area contributed by atoms with E-state index in [4.69, 9.17) is 4.74 Å². The molecule has 0 spiro atoms. The number of methoxy groups -OCH3 is 1. The molecule has 0 unspecified atom stereocenters. The zero-order chi connectivity index (χ0) is 7.11. The molecule has 0 atom stereocenters. The van der Waals surface area contributed by atoms with Crippen LogP contribution < -0.4 is 0 Å². The predicted octanol–water partition coefficient (Wildman–Crippen LogP) is 1.95. The fraction of sp³-hybridized carbons (Fsp3) is 0.714. The van der Waals surface area contributed by atoms with Crippen molar-refractivity contribution in [2.24, 2.45) is 0 Å². The summed E-state index contributed by atoms with van der Waals surface area (Å²) in [6.07, 6.45) is 1.82. The van der Waals surface area contributed by atoms with Gasteiger partial charge in [-0.05, 0) is 0 Å². The number of hydrogen-bond acceptors (Lipinski definition) is 1. The third-order valence-corrected chi connectivity index (χ3v) is 4.33. The van der Waals surface area contributed by atoms with Crippen molar-refractivity contribution in [3.63, 3.8) is 0 Å². The molecule has 0 saturated carbocycles. The van der Waals surface area contributed by atoms with Gasteiger partial charge in [-0.25, -0.2) is 0 Å². The lowest BCUT2D eigenvalue weighted by Crippen LogP contribution is -2.03. The molecule has 0 aliphatic heterocycles. The molecule has 0 rings (SSSR count). The van der Waals surface area contributed by atoms with E-state index in [0.717, 1.165) is 0 Å². The van der Waals surface area contributed by atoms with Crippen LogP contribution in [0.5, 0.6) is 0 Å². The Hall–Kier alpha value is -0.243. The number of ether oxygens (including phenoxy) is 1. The maximum atomic E-state index is 4.83. The highest BCUT2D eigenvalue weighted by molar-refractivity contribution is 6.63. The molecule has 0 saturated heterocycles. The first kappa shape index (κ1) is 8.76. The van der Waals surface area contributed by atoms with E-state index in [-0.39, 0.29) is 0 Å². The van der Waals surface area contributed by atoms with Gasteiger partial charge in [-0.2, -0.15) is 0 Å². The Morgan fingerprint density at radius 2 is 1.89 bits per heavy atom. The lowest BCUT2D eigenvalue weighted by atomic mass is 10.9. The molecule has 0 bridgehead atoms. The largest absolute Gasteiger partial charge is 0.505 e. The highest BCUT2D eigenvalue weighted by atomic mass is 28.3. The Morgan fingerprint density at radius 3 is 2.22 bits per heavy atom. The van der Waals surface area contributed by atoms with E-state index in [2.05, 4.69) is 19.5 Å². The molecule has 0 aliphatic carbocycles. The van der Waals surface area contributed by atoms with Crippen LogP contribution >= 0.6 is 0 Å². The van der Waals surface area contributed by atoms with Crippen molar-refractivity contribution in [1.29, 1.82) is 0 Å². The molecule has 0 aromatic heterocycles. The van der Waals surface area contributed by atoms with Crippen molar-refractivity contribution >= 4 is 8.80 Å². The third kappa shape index (κ3) is 4.27. The third-order valence-electron chi connectivity index (χ3n) is 1.54. The van der Waals surface area contributed by atoms with E-state index in [1.807, 2.05) is 6.26 Å². The van der Waals surface area contributed by atoms with Crippen LogP contribution in [0.1, 0.15) is 13.8 Å². The standard InChI is InChI=1S/C7H16OSi/c1-4-9(5-2)7-6-8-3/h6-7,9H,4-5H2,1-3H3. The van der Waals surface area contributed by atoms with Crippen molar-refractivity contribution in [1.82, 2.24) is 0 Å². The van der Waals surface area contributed by atoms with Crippen LogP contribution in [0.2, 0.25) is 12.1 Å². The van der Waals surface area contributed by atoms with Crippen molar-refractivity contribution in [2.75, 3.05) is 7.11 Å². The van der Waals surface area contributed by atoms with Gasteiger partial charge < -0.3 is 4.74 Å². The average Bonchev–Trinajstić information content (AvgIpc) is 1.91. The minimum absolute atomic E-state index is 0.515. The number of rotatable bonds is 4. The van der Waals surface area contributed by atoms with Gasteiger partial charge in [-0.15, -0.1) is 0 Å². The lowest BCUT2D eigenvalue weighted by Gasteiger charge is -2.00. The fourth-order valence-electron chi connectivity index (χ4n) is 0.751. The zero-order valence-corrected chi connectivity index (χ0v) is 7.71. The van der Waals surface area contributed by atoms with E-state index in [0.29, 0.717) is 0 Å². The van der Waals surface area contributed by atoms with Gasteiger partial charge in [0.2, 0.25) is 0 Å². The van der Waals surface area contributed by atoms with E-state index >= 15 is 0 Å². The van der Waals surface area contributed by atoms with Gasteiger partial charge in [0.05, 0.1) is 22.2 Å². The molecule has 0 radical (unpaired) electrons. The summed E-state index contributed by atoms with van der Waals surface area (Å²) in [7, 11) is 1.19. The Bertz CT molecular complexity index is 77.0. The molecule has 54 valence electrons. The van der Waals surface area contributed by atoms with Crippen molar-refractivity contribution in [2.45, 2.75) is 25.9 Å².